The van der Waals surface area contributed by atoms with Gasteiger partial charge in [0.05, 0.1) is 4.90 Å². The first-order valence-corrected chi connectivity index (χ1v) is 13.8. The fraction of sp³-hybridized carbons (Fsp3) is 0.222. The van der Waals surface area contributed by atoms with Crippen LogP contribution in [0.3, 0.4) is 0 Å². The van der Waals surface area contributed by atoms with Crippen LogP contribution in [0.15, 0.2) is 88.3 Å². The van der Waals surface area contributed by atoms with Crippen molar-refractivity contribution < 1.29 is 17.7 Å². The second-order valence-electron chi connectivity index (χ2n) is 8.79. The highest BCUT2D eigenvalue weighted by atomic mass is 35.5. The van der Waals surface area contributed by atoms with Crippen molar-refractivity contribution in [1.82, 2.24) is 19.8 Å². The molecule has 0 saturated carbocycles. The molecule has 1 amide bonds. The Bertz CT molecular complexity index is 1470. The minimum Gasteiger partial charge on any atom is -0.355 e. The lowest BCUT2D eigenvalue weighted by molar-refractivity contribution is -0.124. The molecule has 8 nitrogen and oxygen atoms in total. The zero-order valence-electron chi connectivity index (χ0n) is 19.9. The number of nitrogens with one attached hydrogen (secondary N) is 1. The Morgan fingerprint density at radius 3 is 2.41 bits per heavy atom. The molecule has 1 N–H and O–H groups in total. The summed E-state index contributed by atoms with van der Waals surface area (Å²) < 4.78 is 34.1. The van der Waals surface area contributed by atoms with E-state index < -0.39 is 16.1 Å². The zero-order valence-corrected chi connectivity index (χ0v) is 21.5. The SMILES string of the molecule is O=C1NCCCC[C@H]1N(Cc1ccc(-c2nc(-c3ccccc3)no2)cc1)S(=O)(=O)c1ccc(Cl)cc1. The highest BCUT2D eigenvalue weighted by molar-refractivity contribution is 7.89. The van der Waals surface area contributed by atoms with Gasteiger partial charge < -0.3 is 9.84 Å². The molecule has 4 aromatic rings. The number of sulfonamides is 1. The first kappa shape index (κ1) is 25.1. The molecule has 3 aromatic carbocycles. The zero-order chi connectivity index (χ0) is 25.8. The molecule has 37 heavy (non-hydrogen) atoms. The fourth-order valence-electron chi connectivity index (χ4n) is 4.28. The van der Waals surface area contributed by atoms with Crippen molar-refractivity contribution in [2.24, 2.45) is 0 Å². The molecule has 0 bridgehead atoms. The third-order valence-corrected chi connectivity index (χ3v) is 8.39. The summed E-state index contributed by atoms with van der Waals surface area (Å²) in [7, 11) is -3.98. The van der Waals surface area contributed by atoms with Gasteiger partial charge in [-0.2, -0.15) is 9.29 Å². The molecular weight excluding hydrogens is 512 g/mol. The maximum Gasteiger partial charge on any atom is 0.258 e. The predicted molar refractivity (Wildman–Crippen MR) is 140 cm³/mol. The van der Waals surface area contributed by atoms with Crippen LogP contribution in [0.5, 0.6) is 0 Å². The average molecular weight is 537 g/mol. The molecule has 1 saturated heterocycles. The summed E-state index contributed by atoms with van der Waals surface area (Å²) in [5.41, 5.74) is 2.28. The highest BCUT2D eigenvalue weighted by Gasteiger charge is 2.36. The second-order valence-corrected chi connectivity index (χ2v) is 11.1. The van der Waals surface area contributed by atoms with Gasteiger partial charge in [0, 0.05) is 29.2 Å². The summed E-state index contributed by atoms with van der Waals surface area (Å²) in [4.78, 5) is 17.4. The number of hydrogen-bond donors (Lipinski definition) is 1. The van der Waals surface area contributed by atoms with Crippen molar-refractivity contribution in [2.75, 3.05) is 6.54 Å². The van der Waals surface area contributed by atoms with Crippen molar-refractivity contribution in [3.05, 3.63) is 89.4 Å². The smallest absolute Gasteiger partial charge is 0.258 e. The highest BCUT2D eigenvalue weighted by Crippen LogP contribution is 2.27. The van der Waals surface area contributed by atoms with Crippen LogP contribution in [0.1, 0.15) is 24.8 Å². The van der Waals surface area contributed by atoms with Gasteiger partial charge in [0.25, 0.3) is 5.89 Å². The van der Waals surface area contributed by atoms with Crippen LogP contribution in [0.2, 0.25) is 5.02 Å². The van der Waals surface area contributed by atoms with Crippen LogP contribution >= 0.6 is 11.6 Å². The maximum absolute atomic E-state index is 13.7. The van der Waals surface area contributed by atoms with Crippen LogP contribution in [0.25, 0.3) is 22.8 Å². The number of benzene rings is 3. The molecule has 1 atom stereocenters. The van der Waals surface area contributed by atoms with Gasteiger partial charge in [0.1, 0.15) is 6.04 Å². The number of carbonyl (C=O) groups excluding carboxylic acids is 1. The number of halogens is 1. The summed E-state index contributed by atoms with van der Waals surface area (Å²) >= 11 is 5.98. The van der Waals surface area contributed by atoms with Crippen LogP contribution in [0, 0.1) is 0 Å². The molecule has 0 radical (unpaired) electrons. The average Bonchev–Trinajstić information content (AvgIpc) is 3.32. The fourth-order valence-corrected chi connectivity index (χ4v) is 6.01. The molecule has 5 rings (SSSR count). The van der Waals surface area contributed by atoms with Crippen LogP contribution in [-0.4, -0.2) is 41.4 Å². The third-order valence-electron chi connectivity index (χ3n) is 6.27. The lowest BCUT2D eigenvalue weighted by Crippen LogP contribution is -2.48. The quantitative estimate of drug-likeness (QED) is 0.359. The summed E-state index contributed by atoms with van der Waals surface area (Å²) in [5.74, 6) is 0.560. The van der Waals surface area contributed by atoms with E-state index in [1.807, 2.05) is 30.3 Å². The number of amides is 1. The van der Waals surface area contributed by atoms with Crippen LogP contribution in [0.4, 0.5) is 0 Å². The van der Waals surface area contributed by atoms with Crippen molar-refractivity contribution in [3.8, 4) is 22.8 Å². The summed E-state index contributed by atoms with van der Waals surface area (Å²) in [6.07, 6.45) is 2.00. The number of hydrogen-bond acceptors (Lipinski definition) is 6. The number of carbonyl (C=O) groups is 1. The van der Waals surface area contributed by atoms with E-state index in [1.54, 1.807) is 24.3 Å². The van der Waals surface area contributed by atoms with E-state index in [2.05, 4.69) is 15.5 Å². The topological polar surface area (TPSA) is 105 Å². The first-order chi connectivity index (χ1) is 17.9. The first-order valence-electron chi connectivity index (χ1n) is 12.0. The number of aromatic nitrogens is 2. The van der Waals surface area contributed by atoms with Crippen molar-refractivity contribution in [1.29, 1.82) is 0 Å². The summed E-state index contributed by atoms with van der Waals surface area (Å²) in [6, 6.07) is 21.9. The minimum atomic E-state index is -3.98. The Labute approximate surface area is 220 Å². The monoisotopic (exact) mass is 536 g/mol. The Hall–Kier alpha value is -3.53. The van der Waals surface area contributed by atoms with Crippen LogP contribution in [-0.2, 0) is 21.4 Å². The van der Waals surface area contributed by atoms with Gasteiger partial charge in [-0.15, -0.1) is 0 Å². The van der Waals surface area contributed by atoms with E-state index in [1.165, 1.54) is 28.6 Å². The Morgan fingerprint density at radius 2 is 1.68 bits per heavy atom. The maximum atomic E-state index is 13.7. The Balaban J connectivity index is 1.43. The van der Waals surface area contributed by atoms with Crippen molar-refractivity contribution in [2.45, 2.75) is 36.7 Å². The molecule has 0 spiro atoms. The van der Waals surface area contributed by atoms with Gasteiger partial charge in [-0.05, 0) is 61.2 Å². The number of rotatable bonds is 7. The molecule has 2 heterocycles. The van der Waals surface area contributed by atoms with E-state index in [-0.39, 0.29) is 17.3 Å². The predicted octanol–water partition coefficient (Wildman–Crippen LogP) is 4.92. The lowest BCUT2D eigenvalue weighted by atomic mass is 10.1. The van der Waals surface area contributed by atoms with Crippen molar-refractivity contribution in [3.63, 3.8) is 0 Å². The summed E-state index contributed by atoms with van der Waals surface area (Å²) in [6.45, 7) is 0.566. The third kappa shape index (κ3) is 5.58. The van der Waals surface area contributed by atoms with Crippen LogP contribution < -0.4 is 5.32 Å². The van der Waals surface area contributed by atoms with E-state index in [9.17, 15) is 13.2 Å². The molecule has 1 aromatic heterocycles. The van der Waals surface area contributed by atoms with Gasteiger partial charge in [-0.1, -0.05) is 59.2 Å². The van der Waals surface area contributed by atoms with Crippen molar-refractivity contribution >= 4 is 27.5 Å². The molecular formula is C27H25ClN4O4S. The number of nitrogens with zero attached hydrogens (tertiary/aromatic N) is 3. The van der Waals surface area contributed by atoms with Gasteiger partial charge in [0.2, 0.25) is 21.8 Å². The van der Waals surface area contributed by atoms with E-state index in [0.29, 0.717) is 35.3 Å². The molecule has 0 aliphatic carbocycles. The Kier molecular flexibility index (Phi) is 7.36. The second kappa shape index (κ2) is 10.8. The van der Waals surface area contributed by atoms with E-state index in [0.717, 1.165) is 24.0 Å². The Morgan fingerprint density at radius 1 is 0.946 bits per heavy atom. The summed E-state index contributed by atoms with van der Waals surface area (Å²) in [5, 5.41) is 7.34. The van der Waals surface area contributed by atoms with Gasteiger partial charge in [-0.25, -0.2) is 8.42 Å². The minimum absolute atomic E-state index is 0.0302. The van der Waals surface area contributed by atoms with E-state index >= 15 is 0 Å². The molecule has 1 aliphatic rings. The lowest BCUT2D eigenvalue weighted by Gasteiger charge is -2.29. The normalized spacial score (nSPS) is 16.4. The van der Waals surface area contributed by atoms with Gasteiger partial charge in [-0.3, -0.25) is 4.79 Å². The van der Waals surface area contributed by atoms with Gasteiger partial charge in [0.15, 0.2) is 0 Å². The molecule has 1 aliphatic heterocycles. The standard InChI is InChI=1S/C27H25ClN4O4S/c28-22-13-15-23(16-14-22)37(34,35)32(24-8-4-5-17-29-26(24)33)18-19-9-11-21(12-10-19)27-30-25(31-36-27)20-6-2-1-3-7-20/h1-3,6-7,9-16,24H,4-5,8,17-18H2,(H,29,33)/t24-/m1/s1. The molecule has 1 fully saturated rings. The molecule has 0 unspecified atom stereocenters. The van der Waals surface area contributed by atoms with Gasteiger partial charge >= 0.3 is 0 Å². The molecule has 190 valence electrons. The largest absolute Gasteiger partial charge is 0.355 e. The molecule has 10 heteroatoms. The van der Waals surface area contributed by atoms with E-state index in [4.69, 9.17) is 16.1 Å².